The number of hydrogen-bond acceptors (Lipinski definition) is 2. The summed E-state index contributed by atoms with van der Waals surface area (Å²) in [6.45, 7) is 6.40. The van der Waals surface area contributed by atoms with Gasteiger partial charge in [0.05, 0.1) is 10.4 Å². The Morgan fingerprint density at radius 3 is 2.30 bits per heavy atom. The highest BCUT2D eigenvalue weighted by Crippen LogP contribution is 2.46. The van der Waals surface area contributed by atoms with Crippen molar-refractivity contribution in [2.24, 2.45) is 17.1 Å². The summed E-state index contributed by atoms with van der Waals surface area (Å²) in [6, 6.07) is 7.94. The zero-order chi connectivity index (χ0) is 14.9. The van der Waals surface area contributed by atoms with E-state index in [-0.39, 0.29) is 5.91 Å². The van der Waals surface area contributed by atoms with Crippen LogP contribution in [0.4, 0.5) is 5.69 Å². The van der Waals surface area contributed by atoms with Gasteiger partial charge in [-0.2, -0.15) is 0 Å². The number of nitrogens with one attached hydrogen (secondary N) is 1. The summed E-state index contributed by atoms with van der Waals surface area (Å²) in [5.41, 5.74) is 7.19. The fraction of sp³-hybridized carbons (Fsp3) is 0.500. The first-order chi connectivity index (χ1) is 9.35. The molecule has 0 aliphatic heterocycles. The van der Waals surface area contributed by atoms with Gasteiger partial charge in [0, 0.05) is 5.69 Å². The Hall–Kier alpha value is -1.42. The van der Waals surface area contributed by atoms with Crippen LogP contribution in [0.2, 0.25) is 0 Å². The van der Waals surface area contributed by atoms with Crippen LogP contribution in [0.15, 0.2) is 24.3 Å². The molecular formula is C16H22N2OS. The number of anilines is 1. The van der Waals surface area contributed by atoms with Crippen LogP contribution in [0.3, 0.4) is 0 Å². The molecule has 0 unspecified atom stereocenters. The predicted molar refractivity (Wildman–Crippen MR) is 86.8 cm³/mol. The van der Waals surface area contributed by atoms with Crippen molar-refractivity contribution < 1.29 is 4.79 Å². The maximum atomic E-state index is 12.4. The van der Waals surface area contributed by atoms with Crippen LogP contribution in [-0.2, 0) is 4.79 Å². The Labute approximate surface area is 125 Å². The Bertz CT molecular complexity index is 516. The number of thiocarbonyl (C=S) groups is 1. The van der Waals surface area contributed by atoms with Crippen LogP contribution in [0.5, 0.6) is 0 Å². The van der Waals surface area contributed by atoms with Crippen LogP contribution in [0.1, 0.15) is 45.1 Å². The molecule has 0 spiro atoms. The number of benzene rings is 1. The molecule has 0 heterocycles. The second-order valence-corrected chi connectivity index (χ2v) is 6.63. The molecule has 0 saturated heterocycles. The zero-order valence-corrected chi connectivity index (χ0v) is 13.1. The molecule has 1 fully saturated rings. The molecule has 1 aliphatic carbocycles. The van der Waals surface area contributed by atoms with Gasteiger partial charge in [0.2, 0.25) is 5.91 Å². The van der Waals surface area contributed by atoms with E-state index in [1.807, 2.05) is 24.3 Å². The number of amides is 1. The van der Waals surface area contributed by atoms with Crippen molar-refractivity contribution >= 4 is 28.8 Å². The van der Waals surface area contributed by atoms with Gasteiger partial charge in [0.25, 0.3) is 0 Å². The first-order valence-electron chi connectivity index (χ1n) is 7.06. The summed E-state index contributed by atoms with van der Waals surface area (Å²) in [5.74, 6) is 0.918. The van der Waals surface area contributed by atoms with Crippen molar-refractivity contribution in [2.45, 2.75) is 39.5 Å². The van der Waals surface area contributed by atoms with E-state index in [0.29, 0.717) is 16.8 Å². The Morgan fingerprint density at radius 2 is 1.90 bits per heavy atom. The van der Waals surface area contributed by atoms with Crippen molar-refractivity contribution in [3.63, 3.8) is 0 Å². The molecule has 2 rings (SSSR count). The van der Waals surface area contributed by atoms with Crippen LogP contribution >= 0.6 is 12.2 Å². The fourth-order valence-corrected chi connectivity index (χ4v) is 3.09. The highest BCUT2D eigenvalue weighted by Gasteiger charge is 2.50. The standard InChI is InChI=1S/C16H22N2OS/c1-10(2)12-4-6-13(7-5-12)18-15(19)16(14(17)20)8-11(3)9-16/h4-7,10-11H,8-9H2,1-3H3,(H2,17,20)(H,18,19). The Morgan fingerprint density at radius 1 is 1.35 bits per heavy atom. The zero-order valence-electron chi connectivity index (χ0n) is 12.3. The van der Waals surface area contributed by atoms with Crippen molar-refractivity contribution in [3.8, 4) is 0 Å². The monoisotopic (exact) mass is 290 g/mol. The molecule has 20 heavy (non-hydrogen) atoms. The van der Waals surface area contributed by atoms with E-state index >= 15 is 0 Å². The van der Waals surface area contributed by atoms with Gasteiger partial charge in [-0.05, 0) is 42.4 Å². The molecule has 1 aliphatic rings. The lowest BCUT2D eigenvalue weighted by atomic mass is 9.62. The van der Waals surface area contributed by atoms with E-state index in [1.165, 1.54) is 5.56 Å². The summed E-state index contributed by atoms with van der Waals surface area (Å²) >= 11 is 5.10. The van der Waals surface area contributed by atoms with Gasteiger partial charge < -0.3 is 11.1 Å². The maximum absolute atomic E-state index is 12.4. The highest BCUT2D eigenvalue weighted by molar-refractivity contribution is 7.80. The molecule has 1 aromatic rings. The van der Waals surface area contributed by atoms with Gasteiger partial charge in [0.15, 0.2) is 0 Å². The molecule has 1 amide bonds. The van der Waals surface area contributed by atoms with Gasteiger partial charge in [-0.15, -0.1) is 0 Å². The van der Waals surface area contributed by atoms with Gasteiger partial charge >= 0.3 is 0 Å². The largest absolute Gasteiger partial charge is 0.392 e. The van der Waals surface area contributed by atoms with Gasteiger partial charge in [-0.25, -0.2) is 0 Å². The topological polar surface area (TPSA) is 55.1 Å². The van der Waals surface area contributed by atoms with E-state index in [9.17, 15) is 4.79 Å². The van der Waals surface area contributed by atoms with Crippen LogP contribution < -0.4 is 11.1 Å². The fourth-order valence-electron chi connectivity index (χ4n) is 2.83. The molecule has 0 radical (unpaired) electrons. The molecule has 108 valence electrons. The Kier molecular flexibility index (Phi) is 4.14. The number of carbonyl (C=O) groups is 1. The average Bonchev–Trinajstić information content (AvgIpc) is 2.34. The molecule has 0 atom stereocenters. The lowest BCUT2D eigenvalue weighted by Gasteiger charge is -2.44. The highest BCUT2D eigenvalue weighted by atomic mass is 32.1. The maximum Gasteiger partial charge on any atom is 0.237 e. The van der Waals surface area contributed by atoms with Gasteiger partial charge in [0.1, 0.15) is 0 Å². The number of hydrogen-bond donors (Lipinski definition) is 2. The first kappa shape index (κ1) is 15.0. The number of carbonyl (C=O) groups excluding carboxylic acids is 1. The normalized spacial score (nSPS) is 25.1. The molecule has 3 N–H and O–H groups in total. The van der Waals surface area contributed by atoms with E-state index in [2.05, 4.69) is 26.1 Å². The third kappa shape index (κ3) is 2.70. The smallest absolute Gasteiger partial charge is 0.237 e. The number of rotatable bonds is 4. The van der Waals surface area contributed by atoms with E-state index < -0.39 is 5.41 Å². The number of nitrogens with two attached hydrogens (primary N) is 1. The van der Waals surface area contributed by atoms with Gasteiger partial charge in [-0.1, -0.05) is 45.1 Å². The van der Waals surface area contributed by atoms with E-state index in [4.69, 9.17) is 18.0 Å². The SMILES string of the molecule is CC1CC(C(=O)Nc2ccc(C(C)C)cc2)(C(N)=S)C1. The third-order valence-electron chi connectivity index (χ3n) is 4.14. The molecule has 0 aromatic heterocycles. The Balaban J connectivity index is 2.09. The van der Waals surface area contributed by atoms with E-state index in [1.54, 1.807) is 0 Å². The van der Waals surface area contributed by atoms with E-state index in [0.717, 1.165) is 18.5 Å². The minimum absolute atomic E-state index is 0.0691. The second-order valence-electron chi connectivity index (χ2n) is 6.19. The van der Waals surface area contributed by atoms with Crippen molar-refractivity contribution in [1.29, 1.82) is 0 Å². The third-order valence-corrected chi connectivity index (χ3v) is 4.53. The molecule has 0 bridgehead atoms. The lowest BCUT2D eigenvalue weighted by Crippen LogP contribution is -2.53. The van der Waals surface area contributed by atoms with Crippen molar-refractivity contribution in [2.75, 3.05) is 5.32 Å². The minimum Gasteiger partial charge on any atom is -0.392 e. The molecule has 1 aromatic carbocycles. The molecule has 3 nitrogen and oxygen atoms in total. The molecule has 4 heteroatoms. The second kappa shape index (κ2) is 5.52. The summed E-state index contributed by atoms with van der Waals surface area (Å²) in [5, 5.41) is 2.95. The average molecular weight is 290 g/mol. The summed E-state index contributed by atoms with van der Waals surface area (Å²) in [4.78, 5) is 12.8. The van der Waals surface area contributed by atoms with Crippen molar-refractivity contribution in [1.82, 2.24) is 0 Å². The van der Waals surface area contributed by atoms with Crippen LogP contribution in [-0.4, -0.2) is 10.9 Å². The van der Waals surface area contributed by atoms with Crippen molar-refractivity contribution in [3.05, 3.63) is 29.8 Å². The minimum atomic E-state index is -0.647. The van der Waals surface area contributed by atoms with Crippen LogP contribution in [0.25, 0.3) is 0 Å². The predicted octanol–water partition coefficient (Wildman–Crippen LogP) is 3.45. The molecule has 1 saturated carbocycles. The van der Waals surface area contributed by atoms with Crippen LogP contribution in [0, 0.1) is 11.3 Å². The summed E-state index contributed by atoms with van der Waals surface area (Å²) in [6.07, 6.45) is 1.50. The van der Waals surface area contributed by atoms with Gasteiger partial charge in [-0.3, -0.25) is 4.79 Å². The summed E-state index contributed by atoms with van der Waals surface area (Å²) in [7, 11) is 0. The summed E-state index contributed by atoms with van der Waals surface area (Å²) < 4.78 is 0. The lowest BCUT2D eigenvalue weighted by molar-refractivity contribution is -0.127. The quantitative estimate of drug-likeness (QED) is 0.835. The first-order valence-corrected chi connectivity index (χ1v) is 7.47. The molecular weight excluding hydrogens is 268 g/mol.